The predicted octanol–water partition coefficient (Wildman–Crippen LogP) is 3.64. The lowest BCUT2D eigenvalue weighted by Gasteiger charge is -2.33. The van der Waals surface area contributed by atoms with Gasteiger partial charge in [0, 0.05) is 31.9 Å². The summed E-state index contributed by atoms with van der Waals surface area (Å²) in [5.41, 5.74) is 1.16. The fraction of sp³-hybridized carbons (Fsp3) is 0.400. The van der Waals surface area contributed by atoms with Crippen LogP contribution in [0.15, 0.2) is 59.8 Å². The molecule has 2 heterocycles. The molecule has 2 aromatic carbocycles. The average Bonchev–Trinajstić information content (AvgIpc) is 3.26. The maximum atomic E-state index is 14.5. The van der Waals surface area contributed by atoms with E-state index in [1.165, 1.54) is 17.8 Å². The molecule has 1 aromatic heterocycles. The van der Waals surface area contributed by atoms with Crippen molar-refractivity contribution in [1.29, 1.82) is 0 Å². The van der Waals surface area contributed by atoms with Crippen LogP contribution < -0.4 is 5.32 Å². The van der Waals surface area contributed by atoms with E-state index in [0.29, 0.717) is 35.6 Å². The molecule has 0 saturated carbocycles. The second-order valence-electron chi connectivity index (χ2n) is 8.70. The molecule has 1 atom stereocenters. The van der Waals surface area contributed by atoms with E-state index >= 15 is 0 Å². The second kappa shape index (κ2) is 11.6. The van der Waals surface area contributed by atoms with Gasteiger partial charge < -0.3 is 10.1 Å². The molecule has 1 saturated heterocycles. The van der Waals surface area contributed by atoms with Gasteiger partial charge in [-0.15, -0.1) is 10.2 Å². The minimum atomic E-state index is -0.375. The highest BCUT2D eigenvalue weighted by Gasteiger charge is 2.22. The Bertz CT molecular complexity index is 1090. The molecular formula is C25H30FN5O2S. The number of carbonyl (C=O) groups is 1. The van der Waals surface area contributed by atoms with Gasteiger partial charge in [-0.25, -0.2) is 4.39 Å². The van der Waals surface area contributed by atoms with Gasteiger partial charge in [0.15, 0.2) is 11.0 Å². The molecule has 1 unspecified atom stereocenters. The first-order valence-corrected chi connectivity index (χ1v) is 12.5. The minimum Gasteiger partial charge on any atom is -0.374 e. The highest BCUT2D eigenvalue weighted by Crippen LogP contribution is 2.29. The first-order chi connectivity index (χ1) is 16.5. The molecule has 0 aliphatic carbocycles. The van der Waals surface area contributed by atoms with E-state index in [1.54, 1.807) is 22.8 Å². The molecule has 9 heteroatoms. The topological polar surface area (TPSA) is 72.3 Å². The lowest BCUT2D eigenvalue weighted by atomic mass is 10.2. The first kappa shape index (κ1) is 24.4. The third kappa shape index (κ3) is 6.22. The molecular weight excluding hydrogens is 453 g/mol. The number of aromatic nitrogens is 3. The number of para-hydroxylation sites is 1. The Morgan fingerprint density at radius 1 is 1.18 bits per heavy atom. The van der Waals surface area contributed by atoms with Crippen molar-refractivity contribution in [3.8, 4) is 17.1 Å². The maximum Gasteiger partial charge on any atom is 0.230 e. The third-order valence-electron chi connectivity index (χ3n) is 5.47. The fourth-order valence-corrected chi connectivity index (χ4v) is 4.77. The smallest absolute Gasteiger partial charge is 0.230 e. The van der Waals surface area contributed by atoms with Crippen LogP contribution in [0.2, 0.25) is 0 Å². The van der Waals surface area contributed by atoms with E-state index in [4.69, 9.17) is 4.74 Å². The summed E-state index contributed by atoms with van der Waals surface area (Å²) in [6.07, 6.45) is -0.0120. The van der Waals surface area contributed by atoms with Crippen molar-refractivity contribution >= 4 is 17.7 Å². The van der Waals surface area contributed by atoms with Crippen LogP contribution in [-0.2, 0) is 9.53 Å². The van der Waals surface area contributed by atoms with Crippen LogP contribution in [0.3, 0.4) is 0 Å². The van der Waals surface area contributed by atoms with Gasteiger partial charge in [0.25, 0.3) is 0 Å². The minimum absolute atomic E-state index is 0.0120. The molecule has 0 radical (unpaired) electrons. The predicted molar refractivity (Wildman–Crippen MR) is 132 cm³/mol. The number of carbonyl (C=O) groups excluding carboxylic acids is 1. The molecule has 7 nitrogen and oxygen atoms in total. The zero-order valence-corrected chi connectivity index (χ0v) is 20.3. The summed E-state index contributed by atoms with van der Waals surface area (Å²) in [6, 6.07) is 16.0. The quantitative estimate of drug-likeness (QED) is 0.469. The van der Waals surface area contributed by atoms with Crippen LogP contribution in [0, 0.1) is 11.7 Å². The summed E-state index contributed by atoms with van der Waals surface area (Å²) in [7, 11) is 0. The summed E-state index contributed by atoms with van der Waals surface area (Å²) in [5, 5.41) is 12.0. The monoisotopic (exact) mass is 483 g/mol. The number of ether oxygens (including phenoxy) is 1. The summed E-state index contributed by atoms with van der Waals surface area (Å²) < 4.78 is 22.1. The Morgan fingerprint density at radius 2 is 1.94 bits per heavy atom. The van der Waals surface area contributed by atoms with E-state index in [9.17, 15) is 9.18 Å². The summed E-state index contributed by atoms with van der Waals surface area (Å²) in [6.45, 7) is 8.34. The molecule has 4 rings (SSSR count). The molecule has 3 aromatic rings. The number of morpholine rings is 1. The zero-order valence-electron chi connectivity index (χ0n) is 19.5. The normalized spacial score (nSPS) is 16.6. The Morgan fingerprint density at radius 3 is 2.71 bits per heavy atom. The van der Waals surface area contributed by atoms with Gasteiger partial charge in [0.2, 0.25) is 5.91 Å². The van der Waals surface area contributed by atoms with Gasteiger partial charge in [-0.1, -0.05) is 55.9 Å². The Labute approximate surface area is 203 Å². The largest absolute Gasteiger partial charge is 0.374 e. The highest BCUT2D eigenvalue weighted by molar-refractivity contribution is 7.99. The molecule has 0 spiro atoms. The van der Waals surface area contributed by atoms with Crippen LogP contribution in [0.25, 0.3) is 17.1 Å². The van der Waals surface area contributed by atoms with Gasteiger partial charge >= 0.3 is 0 Å². The van der Waals surface area contributed by atoms with Gasteiger partial charge in [0.05, 0.1) is 24.0 Å². The summed E-state index contributed by atoms with van der Waals surface area (Å²) >= 11 is 1.27. The molecule has 1 N–H and O–H groups in total. The van der Waals surface area contributed by atoms with Gasteiger partial charge in [0.1, 0.15) is 5.82 Å². The van der Waals surface area contributed by atoms with E-state index in [1.807, 2.05) is 30.3 Å². The van der Waals surface area contributed by atoms with E-state index < -0.39 is 0 Å². The van der Waals surface area contributed by atoms with Gasteiger partial charge in [-0.2, -0.15) is 0 Å². The number of benzene rings is 2. The Balaban J connectivity index is 1.41. The number of amides is 1. The van der Waals surface area contributed by atoms with Crippen molar-refractivity contribution in [1.82, 2.24) is 25.0 Å². The fourth-order valence-electron chi connectivity index (χ4n) is 3.99. The van der Waals surface area contributed by atoms with Crippen LogP contribution in [0.4, 0.5) is 4.39 Å². The second-order valence-corrected chi connectivity index (χ2v) is 9.64. The molecule has 1 amide bonds. The molecule has 1 aliphatic heterocycles. The van der Waals surface area contributed by atoms with Crippen molar-refractivity contribution in [3.05, 3.63) is 60.4 Å². The lowest BCUT2D eigenvalue weighted by Crippen LogP contribution is -2.48. The molecule has 0 bridgehead atoms. The summed E-state index contributed by atoms with van der Waals surface area (Å²) in [5.74, 6) is 0.684. The van der Waals surface area contributed by atoms with E-state index in [0.717, 1.165) is 25.3 Å². The number of nitrogens with zero attached hydrogens (tertiary/aromatic N) is 4. The Kier molecular flexibility index (Phi) is 8.31. The highest BCUT2D eigenvalue weighted by atomic mass is 32.2. The number of hydrogen-bond donors (Lipinski definition) is 1. The number of thioether (sulfide) groups is 1. The number of halogens is 1. The van der Waals surface area contributed by atoms with Crippen molar-refractivity contribution in [3.63, 3.8) is 0 Å². The van der Waals surface area contributed by atoms with Crippen molar-refractivity contribution in [2.45, 2.75) is 25.1 Å². The third-order valence-corrected chi connectivity index (χ3v) is 6.40. The van der Waals surface area contributed by atoms with Crippen LogP contribution in [0.1, 0.15) is 13.8 Å². The maximum absolute atomic E-state index is 14.5. The molecule has 34 heavy (non-hydrogen) atoms. The number of hydrogen-bond acceptors (Lipinski definition) is 6. The molecule has 1 aliphatic rings. The summed E-state index contributed by atoms with van der Waals surface area (Å²) in [4.78, 5) is 15.0. The average molecular weight is 484 g/mol. The number of nitrogens with one attached hydrogen (secondary N) is 1. The van der Waals surface area contributed by atoms with Crippen LogP contribution in [-0.4, -0.2) is 70.2 Å². The van der Waals surface area contributed by atoms with Crippen LogP contribution >= 0.6 is 11.8 Å². The van der Waals surface area contributed by atoms with E-state index in [2.05, 4.69) is 34.3 Å². The van der Waals surface area contributed by atoms with Gasteiger partial charge in [-0.05, 0) is 30.2 Å². The van der Waals surface area contributed by atoms with Crippen LogP contribution in [0.5, 0.6) is 0 Å². The standard InChI is InChI=1S/C25H30FN5O2S/c1-18(2)15-30-12-13-33-20(16-30)14-27-23(32)17-34-25-29-28-24(21-10-6-7-11-22(21)26)31(25)19-8-4-3-5-9-19/h3-11,18,20H,12-17H2,1-2H3,(H,27,32). The Hall–Kier alpha value is -2.75. The van der Waals surface area contributed by atoms with Crippen molar-refractivity contribution in [2.75, 3.05) is 38.5 Å². The van der Waals surface area contributed by atoms with Crippen molar-refractivity contribution < 1.29 is 13.9 Å². The van der Waals surface area contributed by atoms with Crippen molar-refractivity contribution in [2.24, 2.45) is 5.92 Å². The molecule has 1 fully saturated rings. The van der Waals surface area contributed by atoms with E-state index in [-0.39, 0.29) is 23.6 Å². The first-order valence-electron chi connectivity index (χ1n) is 11.5. The zero-order chi connectivity index (χ0) is 23.9. The van der Waals surface area contributed by atoms with Gasteiger partial charge in [-0.3, -0.25) is 14.3 Å². The molecule has 180 valence electrons. The lowest BCUT2D eigenvalue weighted by molar-refractivity contribution is -0.119. The SMILES string of the molecule is CC(C)CN1CCOC(CNC(=O)CSc2nnc(-c3ccccc3F)n2-c2ccccc2)C1. The number of rotatable bonds is 9.